The Labute approximate surface area is 200 Å². The van der Waals surface area contributed by atoms with Crippen LogP contribution in [0.2, 0.25) is 0 Å². The van der Waals surface area contributed by atoms with Crippen molar-refractivity contribution < 1.29 is 14.0 Å². The first-order valence-electron chi connectivity index (χ1n) is 11.4. The second-order valence-corrected chi connectivity index (χ2v) is 8.09. The van der Waals surface area contributed by atoms with Gasteiger partial charge >= 0.3 is 0 Å². The van der Waals surface area contributed by atoms with Crippen molar-refractivity contribution in [2.24, 2.45) is 0 Å². The summed E-state index contributed by atoms with van der Waals surface area (Å²) in [6.07, 6.45) is 1.42. The zero-order valence-corrected chi connectivity index (χ0v) is 19.3. The minimum Gasteiger partial charge on any atom is -0.367 e. The lowest BCUT2D eigenvalue weighted by molar-refractivity contribution is -0.105. The SMILES string of the molecule is CC(Cc1ccccc1)NC(=O)c1ccccc1.O=CNc1cc(F)ccc1N1CCNCC1. The van der Waals surface area contributed by atoms with Gasteiger partial charge in [-0.2, -0.15) is 0 Å². The van der Waals surface area contributed by atoms with E-state index in [4.69, 9.17) is 0 Å². The van der Waals surface area contributed by atoms with Crippen LogP contribution in [0.5, 0.6) is 0 Å². The lowest BCUT2D eigenvalue weighted by Crippen LogP contribution is -2.43. The molecule has 1 fully saturated rings. The van der Waals surface area contributed by atoms with Crippen molar-refractivity contribution >= 4 is 23.7 Å². The molecule has 1 heterocycles. The number of hydrogen-bond acceptors (Lipinski definition) is 4. The molecule has 1 aliphatic rings. The Kier molecular flexibility index (Phi) is 9.61. The monoisotopic (exact) mass is 462 g/mol. The van der Waals surface area contributed by atoms with Crippen LogP contribution in [0.3, 0.4) is 0 Å². The fourth-order valence-electron chi connectivity index (χ4n) is 3.78. The van der Waals surface area contributed by atoms with E-state index in [1.807, 2.05) is 55.5 Å². The van der Waals surface area contributed by atoms with Gasteiger partial charge in [-0.25, -0.2) is 4.39 Å². The third kappa shape index (κ3) is 7.71. The number of hydrogen-bond donors (Lipinski definition) is 3. The molecule has 178 valence electrons. The highest BCUT2D eigenvalue weighted by Crippen LogP contribution is 2.26. The maximum absolute atomic E-state index is 13.1. The molecule has 3 aromatic rings. The van der Waals surface area contributed by atoms with Crippen LogP contribution in [0.15, 0.2) is 78.9 Å². The molecule has 1 atom stereocenters. The summed E-state index contributed by atoms with van der Waals surface area (Å²) >= 11 is 0. The van der Waals surface area contributed by atoms with Gasteiger partial charge in [0.05, 0.1) is 11.4 Å². The number of nitrogens with zero attached hydrogens (tertiary/aromatic N) is 1. The van der Waals surface area contributed by atoms with Crippen LogP contribution in [0.4, 0.5) is 15.8 Å². The molecule has 0 bridgehead atoms. The van der Waals surface area contributed by atoms with Crippen molar-refractivity contribution in [1.82, 2.24) is 10.6 Å². The molecular formula is C27H31FN4O2. The topological polar surface area (TPSA) is 73.5 Å². The molecule has 0 aromatic heterocycles. The molecule has 3 aromatic carbocycles. The number of benzene rings is 3. The van der Waals surface area contributed by atoms with E-state index in [1.165, 1.54) is 17.7 Å². The van der Waals surface area contributed by atoms with E-state index in [1.54, 1.807) is 6.07 Å². The number of halogens is 1. The molecule has 2 amide bonds. The average molecular weight is 463 g/mol. The van der Waals surface area contributed by atoms with Gasteiger partial charge in [-0.05, 0) is 49.2 Å². The Balaban J connectivity index is 0.000000192. The average Bonchev–Trinajstić information content (AvgIpc) is 2.86. The Hall–Kier alpha value is -3.71. The van der Waals surface area contributed by atoms with Crippen molar-refractivity contribution in [2.45, 2.75) is 19.4 Å². The van der Waals surface area contributed by atoms with E-state index >= 15 is 0 Å². The van der Waals surface area contributed by atoms with Gasteiger partial charge in [-0.3, -0.25) is 9.59 Å². The largest absolute Gasteiger partial charge is 0.367 e. The molecule has 1 aliphatic heterocycles. The summed E-state index contributed by atoms with van der Waals surface area (Å²) in [5.41, 5.74) is 3.34. The van der Waals surface area contributed by atoms with Gasteiger partial charge in [-0.15, -0.1) is 0 Å². The van der Waals surface area contributed by atoms with Crippen LogP contribution < -0.4 is 20.9 Å². The second kappa shape index (κ2) is 13.1. The number of rotatable bonds is 7. The van der Waals surface area contributed by atoms with Crippen LogP contribution >= 0.6 is 0 Å². The standard InChI is InChI=1S/C16H17NO.C11H14FN3O/c1-13(12-14-8-4-2-5-9-14)17-16(18)15-10-6-3-7-11-15;12-9-1-2-11(10(7-9)14-8-16)15-5-3-13-4-6-15/h2-11,13H,12H2,1H3,(H,17,18);1-2,7-8,13H,3-6H2,(H,14,16). The lowest BCUT2D eigenvalue weighted by atomic mass is 10.1. The van der Waals surface area contributed by atoms with Crippen molar-refractivity contribution in [3.05, 3.63) is 95.8 Å². The first-order chi connectivity index (χ1) is 16.6. The quantitative estimate of drug-likeness (QED) is 0.467. The highest BCUT2D eigenvalue weighted by molar-refractivity contribution is 5.94. The van der Waals surface area contributed by atoms with Gasteiger partial charge in [0, 0.05) is 37.8 Å². The molecule has 3 N–H and O–H groups in total. The maximum atomic E-state index is 13.1. The molecule has 6 nitrogen and oxygen atoms in total. The molecule has 0 aliphatic carbocycles. The highest BCUT2D eigenvalue weighted by Gasteiger charge is 2.14. The summed E-state index contributed by atoms with van der Waals surface area (Å²) < 4.78 is 13.1. The Bertz CT molecular complexity index is 1040. The van der Waals surface area contributed by atoms with E-state index in [9.17, 15) is 14.0 Å². The van der Waals surface area contributed by atoms with Crippen LogP contribution in [0, 0.1) is 5.82 Å². The maximum Gasteiger partial charge on any atom is 0.251 e. The van der Waals surface area contributed by atoms with Gasteiger partial charge in [0.2, 0.25) is 6.41 Å². The fraction of sp³-hybridized carbons (Fsp3) is 0.259. The minimum atomic E-state index is -0.344. The normalized spacial score (nSPS) is 13.8. The lowest BCUT2D eigenvalue weighted by Gasteiger charge is -2.30. The molecule has 34 heavy (non-hydrogen) atoms. The second-order valence-electron chi connectivity index (χ2n) is 8.09. The van der Waals surface area contributed by atoms with E-state index in [0.717, 1.165) is 38.3 Å². The van der Waals surface area contributed by atoms with Crippen LogP contribution in [0.1, 0.15) is 22.8 Å². The van der Waals surface area contributed by atoms with Gasteiger partial charge in [0.25, 0.3) is 5.91 Å². The number of nitrogens with one attached hydrogen (secondary N) is 3. The summed E-state index contributed by atoms with van der Waals surface area (Å²) in [5.74, 6) is -0.359. The van der Waals surface area contributed by atoms with Gasteiger partial charge in [-0.1, -0.05) is 48.5 Å². The van der Waals surface area contributed by atoms with E-state index in [0.29, 0.717) is 17.7 Å². The molecule has 7 heteroatoms. The summed E-state index contributed by atoms with van der Waals surface area (Å²) in [6.45, 7) is 5.54. The number of carbonyl (C=O) groups excluding carboxylic acids is 2. The smallest absolute Gasteiger partial charge is 0.251 e. The molecular weight excluding hydrogens is 431 g/mol. The van der Waals surface area contributed by atoms with Crippen molar-refractivity contribution in [3.8, 4) is 0 Å². The third-order valence-corrected chi connectivity index (χ3v) is 5.43. The number of amides is 2. The summed E-state index contributed by atoms with van der Waals surface area (Å²) in [5, 5.41) is 8.78. The van der Waals surface area contributed by atoms with Gasteiger partial charge < -0.3 is 20.9 Å². The predicted molar refractivity (Wildman–Crippen MR) is 135 cm³/mol. The van der Waals surface area contributed by atoms with Crippen LogP contribution in [0.25, 0.3) is 0 Å². The molecule has 0 saturated carbocycles. The fourth-order valence-corrected chi connectivity index (χ4v) is 3.78. The molecule has 0 radical (unpaired) electrons. The van der Waals surface area contributed by atoms with Gasteiger partial charge in [0.15, 0.2) is 0 Å². The molecule has 1 unspecified atom stereocenters. The third-order valence-electron chi connectivity index (χ3n) is 5.43. The minimum absolute atomic E-state index is 0.0148. The molecule has 0 spiro atoms. The highest BCUT2D eigenvalue weighted by atomic mass is 19.1. The van der Waals surface area contributed by atoms with Crippen molar-refractivity contribution in [1.29, 1.82) is 0 Å². The Morgan fingerprint density at radius 3 is 2.32 bits per heavy atom. The Morgan fingerprint density at radius 2 is 1.68 bits per heavy atom. The summed E-state index contributed by atoms with van der Waals surface area (Å²) in [6, 6.07) is 24.0. The van der Waals surface area contributed by atoms with E-state index < -0.39 is 0 Å². The molecule has 1 saturated heterocycles. The van der Waals surface area contributed by atoms with Crippen molar-refractivity contribution in [2.75, 3.05) is 36.4 Å². The van der Waals surface area contributed by atoms with E-state index in [2.05, 4.69) is 33.0 Å². The Morgan fingerprint density at radius 1 is 1.03 bits per heavy atom. The zero-order valence-electron chi connectivity index (χ0n) is 19.3. The summed E-state index contributed by atoms with van der Waals surface area (Å²) in [7, 11) is 0. The first-order valence-corrected chi connectivity index (χ1v) is 11.4. The summed E-state index contributed by atoms with van der Waals surface area (Å²) in [4.78, 5) is 24.5. The van der Waals surface area contributed by atoms with Crippen LogP contribution in [-0.2, 0) is 11.2 Å². The zero-order chi connectivity index (χ0) is 24.2. The number of anilines is 2. The van der Waals surface area contributed by atoms with E-state index in [-0.39, 0.29) is 17.8 Å². The predicted octanol–water partition coefficient (Wildman–Crippen LogP) is 3.85. The first kappa shape index (κ1) is 24.9. The van der Waals surface area contributed by atoms with Gasteiger partial charge in [0.1, 0.15) is 5.82 Å². The van der Waals surface area contributed by atoms with Crippen LogP contribution in [-0.4, -0.2) is 44.5 Å². The number of carbonyl (C=O) groups is 2. The molecule has 4 rings (SSSR count). The van der Waals surface area contributed by atoms with Crippen molar-refractivity contribution in [3.63, 3.8) is 0 Å². The number of piperazine rings is 1.